The van der Waals surface area contributed by atoms with Crippen molar-refractivity contribution in [3.05, 3.63) is 54.1 Å². The van der Waals surface area contributed by atoms with E-state index in [9.17, 15) is 4.79 Å². The fourth-order valence-electron chi connectivity index (χ4n) is 3.44. The van der Waals surface area contributed by atoms with Crippen molar-refractivity contribution in [2.75, 3.05) is 23.3 Å². The number of ether oxygens (including phenoxy) is 1. The van der Waals surface area contributed by atoms with Gasteiger partial charge in [0.1, 0.15) is 5.75 Å². The van der Waals surface area contributed by atoms with E-state index in [4.69, 9.17) is 4.74 Å². The number of nitrogens with zero attached hydrogens (tertiary/aromatic N) is 1. The highest BCUT2D eigenvalue weighted by molar-refractivity contribution is 5.94. The van der Waals surface area contributed by atoms with Crippen LogP contribution in [0.5, 0.6) is 5.75 Å². The lowest BCUT2D eigenvalue weighted by atomic mass is 9.87. The van der Waals surface area contributed by atoms with Gasteiger partial charge in [0.25, 0.3) is 5.91 Å². The van der Waals surface area contributed by atoms with E-state index < -0.39 is 6.10 Å². The van der Waals surface area contributed by atoms with E-state index in [-0.39, 0.29) is 11.3 Å². The molecule has 28 heavy (non-hydrogen) atoms. The van der Waals surface area contributed by atoms with E-state index >= 15 is 0 Å². The number of rotatable bonds is 5. The average Bonchev–Trinajstić information content (AvgIpc) is 2.69. The van der Waals surface area contributed by atoms with Gasteiger partial charge in [-0.1, -0.05) is 32.9 Å². The molecule has 3 rings (SSSR count). The molecule has 4 heteroatoms. The van der Waals surface area contributed by atoms with E-state index in [1.807, 2.05) is 24.3 Å². The first-order valence-corrected chi connectivity index (χ1v) is 10.3. The van der Waals surface area contributed by atoms with Crippen LogP contribution in [0.15, 0.2) is 48.5 Å². The quantitative estimate of drug-likeness (QED) is 0.757. The van der Waals surface area contributed by atoms with Crippen LogP contribution in [0.2, 0.25) is 0 Å². The molecule has 1 saturated heterocycles. The smallest absolute Gasteiger partial charge is 0.265 e. The highest BCUT2D eigenvalue weighted by Gasteiger charge is 2.17. The molecule has 1 aliphatic rings. The van der Waals surface area contributed by atoms with Crippen LogP contribution in [0.4, 0.5) is 11.4 Å². The third-order valence-electron chi connectivity index (χ3n) is 5.26. The standard InChI is InChI=1S/C24H32N2O2/c1-18(28-22-14-8-19(9-15-22)24(2,3)4)23(27)25-20-10-12-21(13-11-20)26-16-6-5-7-17-26/h8-15,18H,5-7,16-17H2,1-4H3,(H,25,27). The number of carbonyl (C=O) groups is 1. The predicted octanol–water partition coefficient (Wildman–Crippen LogP) is 5.38. The molecule has 4 nitrogen and oxygen atoms in total. The molecule has 150 valence electrons. The maximum atomic E-state index is 12.5. The van der Waals surface area contributed by atoms with Crippen molar-refractivity contribution in [2.24, 2.45) is 0 Å². The summed E-state index contributed by atoms with van der Waals surface area (Å²) in [5, 5.41) is 2.95. The summed E-state index contributed by atoms with van der Waals surface area (Å²) in [7, 11) is 0. The normalized spacial score (nSPS) is 15.8. The number of hydrogen-bond acceptors (Lipinski definition) is 3. The van der Waals surface area contributed by atoms with Crippen molar-refractivity contribution in [3.63, 3.8) is 0 Å². The highest BCUT2D eigenvalue weighted by Crippen LogP contribution is 2.25. The topological polar surface area (TPSA) is 41.6 Å². The van der Waals surface area contributed by atoms with Crippen LogP contribution in [-0.4, -0.2) is 25.1 Å². The highest BCUT2D eigenvalue weighted by atomic mass is 16.5. The van der Waals surface area contributed by atoms with E-state index in [1.54, 1.807) is 6.92 Å². The molecule has 1 heterocycles. The van der Waals surface area contributed by atoms with Crippen LogP contribution in [0.1, 0.15) is 52.5 Å². The summed E-state index contributed by atoms with van der Waals surface area (Å²) in [6.45, 7) is 10.5. The Morgan fingerprint density at radius 3 is 2.14 bits per heavy atom. The van der Waals surface area contributed by atoms with Gasteiger partial charge in [-0.15, -0.1) is 0 Å². The van der Waals surface area contributed by atoms with Gasteiger partial charge in [0.05, 0.1) is 0 Å². The minimum atomic E-state index is -0.567. The first-order valence-electron chi connectivity index (χ1n) is 10.3. The Bertz CT molecular complexity index is 770. The first kappa shape index (κ1) is 20.2. The summed E-state index contributed by atoms with van der Waals surface area (Å²) in [6, 6.07) is 16.1. The van der Waals surface area contributed by atoms with E-state index in [0.717, 1.165) is 18.8 Å². The summed E-state index contributed by atoms with van der Waals surface area (Å²) in [6.07, 6.45) is 3.26. The van der Waals surface area contributed by atoms with Crippen molar-refractivity contribution in [1.82, 2.24) is 0 Å². The van der Waals surface area contributed by atoms with Crippen LogP contribution in [0.25, 0.3) is 0 Å². The molecule has 2 aromatic carbocycles. The lowest BCUT2D eigenvalue weighted by Crippen LogP contribution is -2.30. The molecule has 0 saturated carbocycles. The van der Waals surface area contributed by atoms with Crippen LogP contribution < -0.4 is 15.0 Å². The molecule has 1 N–H and O–H groups in total. The summed E-state index contributed by atoms with van der Waals surface area (Å²) >= 11 is 0. The Balaban J connectivity index is 1.55. The monoisotopic (exact) mass is 380 g/mol. The number of carbonyl (C=O) groups excluding carboxylic acids is 1. The molecule has 0 spiro atoms. The predicted molar refractivity (Wildman–Crippen MR) is 116 cm³/mol. The molecule has 0 radical (unpaired) electrons. The fourth-order valence-corrected chi connectivity index (χ4v) is 3.44. The first-order chi connectivity index (χ1) is 13.3. The summed E-state index contributed by atoms with van der Waals surface area (Å²) in [4.78, 5) is 14.9. The number of anilines is 2. The Hall–Kier alpha value is -2.49. The van der Waals surface area contributed by atoms with Gasteiger partial charge < -0.3 is 15.0 Å². The molecule has 0 bridgehead atoms. The van der Waals surface area contributed by atoms with Gasteiger partial charge in [0.2, 0.25) is 0 Å². The zero-order chi connectivity index (χ0) is 20.1. The molecule has 0 aromatic heterocycles. The minimum Gasteiger partial charge on any atom is -0.481 e. The second-order valence-corrected chi connectivity index (χ2v) is 8.62. The van der Waals surface area contributed by atoms with Crippen LogP contribution in [-0.2, 0) is 10.2 Å². The Kier molecular flexibility index (Phi) is 6.28. The second kappa shape index (κ2) is 8.68. The van der Waals surface area contributed by atoms with Crippen LogP contribution in [0.3, 0.4) is 0 Å². The summed E-state index contributed by atoms with van der Waals surface area (Å²) in [5.41, 5.74) is 3.36. The number of benzene rings is 2. The SMILES string of the molecule is CC(Oc1ccc(C(C)(C)C)cc1)C(=O)Nc1ccc(N2CCCCC2)cc1. The van der Waals surface area contributed by atoms with Gasteiger partial charge >= 0.3 is 0 Å². The zero-order valence-electron chi connectivity index (χ0n) is 17.5. The van der Waals surface area contributed by atoms with Gasteiger partial charge in [-0.25, -0.2) is 0 Å². The van der Waals surface area contributed by atoms with Gasteiger partial charge in [-0.3, -0.25) is 4.79 Å². The van der Waals surface area contributed by atoms with Crippen LogP contribution in [0, 0.1) is 0 Å². The number of hydrogen-bond donors (Lipinski definition) is 1. The van der Waals surface area contributed by atoms with Gasteiger partial charge in [-0.2, -0.15) is 0 Å². The summed E-state index contributed by atoms with van der Waals surface area (Å²) < 4.78 is 5.81. The average molecular weight is 381 g/mol. The van der Waals surface area contributed by atoms with Gasteiger partial charge in [0.15, 0.2) is 6.10 Å². The third-order valence-corrected chi connectivity index (χ3v) is 5.26. The molecule has 1 fully saturated rings. The van der Waals surface area contributed by atoms with Crippen LogP contribution >= 0.6 is 0 Å². The van der Waals surface area contributed by atoms with Gasteiger partial charge in [0, 0.05) is 24.5 Å². The lowest BCUT2D eigenvalue weighted by Gasteiger charge is -2.28. The molecule has 1 unspecified atom stereocenters. The lowest BCUT2D eigenvalue weighted by molar-refractivity contribution is -0.122. The van der Waals surface area contributed by atoms with Crippen molar-refractivity contribution < 1.29 is 9.53 Å². The second-order valence-electron chi connectivity index (χ2n) is 8.62. The zero-order valence-corrected chi connectivity index (χ0v) is 17.5. The minimum absolute atomic E-state index is 0.0991. The van der Waals surface area contributed by atoms with Crippen molar-refractivity contribution in [3.8, 4) is 5.75 Å². The van der Waals surface area contributed by atoms with Crippen molar-refractivity contribution >= 4 is 17.3 Å². The molecular weight excluding hydrogens is 348 g/mol. The molecule has 1 amide bonds. The molecule has 1 atom stereocenters. The molecule has 2 aromatic rings. The van der Waals surface area contributed by atoms with E-state index in [1.165, 1.54) is 30.5 Å². The number of piperidine rings is 1. The van der Waals surface area contributed by atoms with Crippen molar-refractivity contribution in [1.29, 1.82) is 0 Å². The Morgan fingerprint density at radius 1 is 0.964 bits per heavy atom. The maximum absolute atomic E-state index is 12.5. The van der Waals surface area contributed by atoms with Crippen molar-refractivity contribution in [2.45, 2.75) is 58.5 Å². The molecule has 0 aliphatic carbocycles. The van der Waals surface area contributed by atoms with E-state index in [0.29, 0.717) is 5.75 Å². The van der Waals surface area contributed by atoms with Gasteiger partial charge in [-0.05, 0) is 73.6 Å². The molecule has 1 aliphatic heterocycles. The Morgan fingerprint density at radius 2 is 1.57 bits per heavy atom. The Labute approximate surface area is 168 Å². The largest absolute Gasteiger partial charge is 0.481 e. The van der Waals surface area contributed by atoms with E-state index in [2.05, 4.69) is 55.3 Å². The fraction of sp³-hybridized carbons (Fsp3) is 0.458. The number of amides is 1. The molecular formula is C24H32N2O2. The maximum Gasteiger partial charge on any atom is 0.265 e. The number of nitrogens with one attached hydrogen (secondary N) is 1. The third kappa shape index (κ3) is 5.28. The summed E-state index contributed by atoms with van der Waals surface area (Å²) in [5.74, 6) is 0.557.